The Kier molecular flexibility index (Phi) is 6.02. The van der Waals surface area contributed by atoms with Gasteiger partial charge in [0, 0.05) is 39.3 Å². The van der Waals surface area contributed by atoms with Crippen molar-refractivity contribution in [2.75, 3.05) is 44.2 Å². The monoisotopic (exact) mass is 360 g/mol. The van der Waals surface area contributed by atoms with E-state index in [9.17, 15) is 4.79 Å². The third kappa shape index (κ3) is 3.37. The van der Waals surface area contributed by atoms with E-state index in [1.807, 2.05) is 11.0 Å². The number of carbonyl (C=O) groups is 1. The Morgan fingerprint density at radius 2 is 2.00 bits per heavy atom. The number of anilines is 1. The number of nitrogens with zero attached hydrogens (tertiary/aromatic N) is 3. The lowest BCUT2D eigenvalue weighted by atomic mass is 10.3. The number of hydrogen-bond donors (Lipinski definition) is 1. The highest BCUT2D eigenvalue weighted by Gasteiger charge is 2.21. The molecule has 8 heteroatoms. The molecule has 0 aromatic carbocycles. The van der Waals surface area contributed by atoms with Gasteiger partial charge >= 0.3 is 0 Å². The van der Waals surface area contributed by atoms with E-state index in [1.165, 1.54) is 11.3 Å². The van der Waals surface area contributed by atoms with E-state index in [0.717, 1.165) is 58.8 Å². The van der Waals surface area contributed by atoms with Crippen molar-refractivity contribution in [1.29, 1.82) is 0 Å². The molecule has 0 spiro atoms. The van der Waals surface area contributed by atoms with Crippen molar-refractivity contribution in [2.45, 2.75) is 13.8 Å². The summed E-state index contributed by atoms with van der Waals surface area (Å²) in [4.78, 5) is 23.1. The van der Waals surface area contributed by atoms with Gasteiger partial charge in [0.1, 0.15) is 4.83 Å². The molecule has 3 rings (SSSR count). The molecule has 0 saturated carbocycles. The lowest BCUT2D eigenvalue weighted by Crippen LogP contribution is -2.46. The molecule has 122 valence electrons. The van der Waals surface area contributed by atoms with E-state index < -0.39 is 0 Å². The average Bonchev–Trinajstić information content (AvgIpc) is 3.07. The summed E-state index contributed by atoms with van der Waals surface area (Å²) >= 11 is 3.20. The summed E-state index contributed by atoms with van der Waals surface area (Å²) in [5.41, 5.74) is 0. The van der Waals surface area contributed by atoms with E-state index in [2.05, 4.69) is 29.0 Å². The first-order valence-electron chi connectivity index (χ1n) is 7.38. The summed E-state index contributed by atoms with van der Waals surface area (Å²) in [7, 11) is 0. The van der Waals surface area contributed by atoms with Gasteiger partial charge in [0.05, 0.1) is 9.58 Å². The third-order valence-electron chi connectivity index (χ3n) is 3.73. The predicted octanol–water partition coefficient (Wildman–Crippen LogP) is 2.67. The highest BCUT2D eigenvalue weighted by Crippen LogP contribution is 2.35. The minimum Gasteiger partial charge on any atom is -0.349 e. The fourth-order valence-electron chi connectivity index (χ4n) is 2.48. The summed E-state index contributed by atoms with van der Waals surface area (Å²) in [6, 6.07) is 2.01. The molecule has 1 saturated heterocycles. The average molecular weight is 361 g/mol. The summed E-state index contributed by atoms with van der Waals surface area (Å²) in [5, 5.41) is 4.33. The fraction of sp³-hybridized carbons (Fsp3) is 0.571. The number of amides is 1. The molecule has 3 heterocycles. The number of hydrogen-bond acceptors (Lipinski definition) is 6. The van der Waals surface area contributed by atoms with E-state index in [1.54, 1.807) is 11.3 Å². The highest BCUT2D eigenvalue weighted by molar-refractivity contribution is 7.29. The van der Waals surface area contributed by atoms with Gasteiger partial charge in [0.2, 0.25) is 0 Å². The van der Waals surface area contributed by atoms with Crippen LogP contribution >= 0.6 is 35.1 Å². The molecule has 1 aliphatic rings. The molecule has 1 amide bonds. The topological polar surface area (TPSA) is 48.5 Å². The Balaban J connectivity index is 0.00000176. The molecule has 22 heavy (non-hydrogen) atoms. The Bertz CT molecular complexity index is 600. The first-order chi connectivity index (χ1) is 10.2. The zero-order valence-corrected chi connectivity index (χ0v) is 15.2. The maximum Gasteiger partial charge on any atom is 0.264 e. The Labute approximate surface area is 144 Å². The van der Waals surface area contributed by atoms with Crippen LogP contribution in [0.1, 0.15) is 23.5 Å². The Morgan fingerprint density at radius 3 is 2.59 bits per heavy atom. The van der Waals surface area contributed by atoms with Gasteiger partial charge in [0.25, 0.3) is 5.91 Å². The summed E-state index contributed by atoms with van der Waals surface area (Å²) < 4.78 is 1.13. The molecule has 2 aromatic heterocycles. The van der Waals surface area contributed by atoms with Crippen LogP contribution in [0.4, 0.5) is 5.13 Å². The van der Waals surface area contributed by atoms with Gasteiger partial charge in [-0.15, -0.1) is 23.7 Å². The normalized spacial score (nSPS) is 14.9. The van der Waals surface area contributed by atoms with Gasteiger partial charge < -0.3 is 15.1 Å². The van der Waals surface area contributed by atoms with Crippen LogP contribution < -0.4 is 10.2 Å². The fourth-order valence-corrected chi connectivity index (χ4v) is 4.79. The molecule has 0 unspecified atom stereocenters. The van der Waals surface area contributed by atoms with Gasteiger partial charge in [-0.2, -0.15) is 0 Å². The van der Waals surface area contributed by atoms with Crippen LogP contribution in [0.5, 0.6) is 0 Å². The van der Waals surface area contributed by atoms with Crippen molar-refractivity contribution in [3.05, 3.63) is 10.9 Å². The maximum absolute atomic E-state index is 12.5. The van der Waals surface area contributed by atoms with Crippen molar-refractivity contribution in [3.8, 4) is 0 Å². The molecule has 1 fully saturated rings. The van der Waals surface area contributed by atoms with Crippen LogP contribution in [-0.2, 0) is 0 Å². The van der Waals surface area contributed by atoms with Gasteiger partial charge in [-0.1, -0.05) is 11.3 Å². The van der Waals surface area contributed by atoms with Crippen molar-refractivity contribution >= 4 is 55.6 Å². The highest BCUT2D eigenvalue weighted by atomic mass is 35.5. The Morgan fingerprint density at radius 1 is 1.32 bits per heavy atom. The van der Waals surface area contributed by atoms with Crippen LogP contribution in [0.2, 0.25) is 0 Å². The van der Waals surface area contributed by atoms with Crippen molar-refractivity contribution in [1.82, 2.24) is 15.2 Å². The third-order valence-corrected chi connectivity index (χ3v) is 5.94. The minimum atomic E-state index is 0. The summed E-state index contributed by atoms with van der Waals surface area (Å²) in [6.07, 6.45) is 0. The number of nitrogens with one attached hydrogen (secondary N) is 1. The van der Waals surface area contributed by atoms with Gasteiger partial charge in [-0.25, -0.2) is 4.98 Å². The molecule has 5 nitrogen and oxygen atoms in total. The SMILES string of the molecule is CCN(CC)c1nc2sc(C(=O)N3CCNCC3)cc2s1.Cl. The van der Waals surface area contributed by atoms with E-state index >= 15 is 0 Å². The van der Waals surface area contributed by atoms with Crippen LogP contribution in [0.3, 0.4) is 0 Å². The van der Waals surface area contributed by atoms with Gasteiger partial charge in [0.15, 0.2) is 5.13 Å². The molecule has 2 aromatic rings. The standard InChI is InChI=1S/C14H20N4OS2.ClH/c1-3-17(4-2)14-16-12-10(21-14)9-11(20-12)13(19)18-7-5-15-6-8-18;/h9,15H,3-8H2,1-2H3;1H. The van der Waals surface area contributed by atoms with E-state index in [0.29, 0.717) is 0 Å². The molecular formula is C14H21ClN4OS2. The number of halogens is 1. The first-order valence-corrected chi connectivity index (χ1v) is 9.01. The predicted molar refractivity (Wildman–Crippen MR) is 97.1 cm³/mol. The molecule has 0 atom stereocenters. The van der Waals surface area contributed by atoms with Crippen LogP contribution in [0, 0.1) is 0 Å². The first kappa shape index (κ1) is 17.5. The lowest BCUT2D eigenvalue weighted by Gasteiger charge is -2.26. The quantitative estimate of drug-likeness (QED) is 0.910. The van der Waals surface area contributed by atoms with Crippen molar-refractivity contribution in [2.24, 2.45) is 0 Å². The minimum absolute atomic E-state index is 0. The van der Waals surface area contributed by atoms with Crippen LogP contribution in [0.25, 0.3) is 9.53 Å². The number of aromatic nitrogens is 1. The number of thiophene rings is 1. The summed E-state index contributed by atoms with van der Waals surface area (Å²) in [5.74, 6) is 0.149. The molecular weight excluding hydrogens is 340 g/mol. The molecule has 1 aliphatic heterocycles. The second kappa shape index (κ2) is 7.59. The molecule has 0 bridgehead atoms. The number of carbonyl (C=O) groups excluding carboxylic acids is 1. The number of rotatable bonds is 4. The summed E-state index contributed by atoms with van der Waals surface area (Å²) in [6.45, 7) is 9.56. The maximum atomic E-state index is 12.5. The number of piperazine rings is 1. The zero-order valence-electron chi connectivity index (χ0n) is 12.8. The van der Waals surface area contributed by atoms with Crippen LogP contribution in [0.15, 0.2) is 6.07 Å². The second-order valence-electron chi connectivity index (χ2n) is 4.99. The van der Waals surface area contributed by atoms with Crippen LogP contribution in [-0.4, -0.2) is 55.1 Å². The number of thiazole rings is 1. The number of fused-ring (bicyclic) bond motifs is 1. The Hall–Kier alpha value is -0.890. The van der Waals surface area contributed by atoms with Gasteiger partial charge in [-0.05, 0) is 19.9 Å². The zero-order chi connectivity index (χ0) is 14.8. The molecule has 1 N–H and O–H groups in total. The largest absolute Gasteiger partial charge is 0.349 e. The van der Waals surface area contributed by atoms with Crippen molar-refractivity contribution in [3.63, 3.8) is 0 Å². The molecule has 0 radical (unpaired) electrons. The van der Waals surface area contributed by atoms with E-state index in [-0.39, 0.29) is 18.3 Å². The van der Waals surface area contributed by atoms with E-state index in [4.69, 9.17) is 0 Å². The lowest BCUT2D eigenvalue weighted by molar-refractivity contribution is 0.0741. The molecule has 0 aliphatic carbocycles. The second-order valence-corrected chi connectivity index (χ2v) is 7.03. The van der Waals surface area contributed by atoms with Crippen molar-refractivity contribution < 1.29 is 4.79 Å². The van der Waals surface area contributed by atoms with Gasteiger partial charge in [-0.3, -0.25) is 4.79 Å². The smallest absolute Gasteiger partial charge is 0.264 e.